The number of nitrogens with one attached hydrogen (secondary N) is 1. The van der Waals surface area contributed by atoms with Gasteiger partial charge in [-0.15, -0.1) is 12.4 Å². The Bertz CT molecular complexity index is 790. The molecule has 0 bridgehead atoms. The van der Waals surface area contributed by atoms with Crippen molar-refractivity contribution in [2.75, 3.05) is 16.8 Å². The van der Waals surface area contributed by atoms with Gasteiger partial charge >= 0.3 is 0 Å². The molecule has 5 nitrogen and oxygen atoms in total. The molecule has 0 spiro atoms. The Kier molecular flexibility index (Phi) is 7.39. The van der Waals surface area contributed by atoms with Crippen molar-refractivity contribution in [3.8, 4) is 0 Å². The number of benzene rings is 2. The Balaban J connectivity index is 0.00000261. The maximum Gasteiger partial charge on any atom is 0.231 e. The number of fused-ring (bicyclic) bond motifs is 1. The van der Waals surface area contributed by atoms with Crippen molar-refractivity contribution in [2.45, 2.75) is 38.6 Å². The van der Waals surface area contributed by atoms with Crippen LogP contribution in [0.25, 0.3) is 0 Å². The Morgan fingerprint density at radius 1 is 1.15 bits per heavy atom. The first kappa shape index (κ1) is 20.9. The maximum atomic E-state index is 12.8. The summed E-state index contributed by atoms with van der Waals surface area (Å²) in [5, 5.41) is 2.82. The zero-order valence-electron chi connectivity index (χ0n) is 15.5. The van der Waals surface area contributed by atoms with Gasteiger partial charge in [0.2, 0.25) is 11.8 Å². The van der Waals surface area contributed by atoms with Gasteiger partial charge in [-0.2, -0.15) is 0 Å². The molecule has 0 aromatic heterocycles. The molecule has 144 valence electrons. The number of para-hydroxylation sites is 1. The van der Waals surface area contributed by atoms with Crippen LogP contribution in [0.1, 0.15) is 30.9 Å². The number of nitrogens with zero attached hydrogens (tertiary/aromatic N) is 1. The highest BCUT2D eigenvalue weighted by atomic mass is 35.5. The smallest absolute Gasteiger partial charge is 0.231 e. The zero-order chi connectivity index (χ0) is 18.5. The zero-order valence-corrected chi connectivity index (χ0v) is 16.3. The summed E-state index contributed by atoms with van der Waals surface area (Å²) in [5.41, 5.74) is 9.55. The van der Waals surface area contributed by atoms with E-state index in [1.807, 2.05) is 47.4 Å². The van der Waals surface area contributed by atoms with E-state index in [1.54, 1.807) is 6.92 Å². The number of hydrogen-bond donors (Lipinski definition) is 2. The van der Waals surface area contributed by atoms with Crippen molar-refractivity contribution in [1.82, 2.24) is 0 Å². The number of nitrogens with two attached hydrogens (primary N) is 1. The average Bonchev–Trinajstić information content (AvgIpc) is 2.62. The second-order valence-electron chi connectivity index (χ2n) is 6.88. The van der Waals surface area contributed by atoms with Crippen LogP contribution < -0.4 is 16.0 Å². The van der Waals surface area contributed by atoms with Gasteiger partial charge in [0.15, 0.2) is 0 Å². The molecule has 2 aromatic rings. The predicted molar refractivity (Wildman–Crippen MR) is 111 cm³/mol. The Morgan fingerprint density at radius 3 is 2.56 bits per heavy atom. The lowest BCUT2D eigenvalue weighted by atomic mass is 10.0. The fraction of sp³-hybridized carbons (Fsp3) is 0.333. The van der Waals surface area contributed by atoms with E-state index in [-0.39, 0.29) is 36.7 Å². The number of anilines is 2. The summed E-state index contributed by atoms with van der Waals surface area (Å²) in [4.78, 5) is 26.4. The molecule has 27 heavy (non-hydrogen) atoms. The van der Waals surface area contributed by atoms with Gasteiger partial charge in [-0.05, 0) is 49.1 Å². The van der Waals surface area contributed by atoms with Crippen LogP contribution in [0.3, 0.4) is 0 Å². The van der Waals surface area contributed by atoms with E-state index in [1.165, 1.54) is 5.56 Å². The van der Waals surface area contributed by atoms with Crippen molar-refractivity contribution in [3.63, 3.8) is 0 Å². The fourth-order valence-corrected chi connectivity index (χ4v) is 3.27. The van der Waals surface area contributed by atoms with Crippen molar-refractivity contribution < 1.29 is 9.59 Å². The van der Waals surface area contributed by atoms with Crippen LogP contribution in [0.5, 0.6) is 0 Å². The average molecular weight is 388 g/mol. The monoisotopic (exact) mass is 387 g/mol. The van der Waals surface area contributed by atoms with Crippen LogP contribution in [0.2, 0.25) is 0 Å². The van der Waals surface area contributed by atoms with Gasteiger partial charge in [0.25, 0.3) is 0 Å². The van der Waals surface area contributed by atoms with E-state index in [4.69, 9.17) is 5.73 Å². The summed E-state index contributed by atoms with van der Waals surface area (Å²) in [6.45, 7) is 2.56. The van der Waals surface area contributed by atoms with Gasteiger partial charge in [-0.3, -0.25) is 9.59 Å². The molecular weight excluding hydrogens is 362 g/mol. The lowest BCUT2D eigenvalue weighted by Crippen LogP contribution is -2.36. The summed E-state index contributed by atoms with van der Waals surface area (Å²) in [5.74, 6) is -0.000331. The van der Waals surface area contributed by atoms with Gasteiger partial charge in [0.05, 0.1) is 6.42 Å². The van der Waals surface area contributed by atoms with E-state index in [9.17, 15) is 9.59 Å². The number of carbonyl (C=O) groups is 2. The summed E-state index contributed by atoms with van der Waals surface area (Å²) in [6, 6.07) is 15.4. The van der Waals surface area contributed by atoms with E-state index < -0.39 is 0 Å². The minimum Gasteiger partial charge on any atom is -0.327 e. The van der Waals surface area contributed by atoms with E-state index in [0.717, 1.165) is 36.3 Å². The molecule has 3 rings (SSSR count). The molecule has 0 fully saturated rings. The first-order valence-electron chi connectivity index (χ1n) is 9.05. The van der Waals surface area contributed by atoms with Crippen molar-refractivity contribution in [3.05, 3.63) is 59.7 Å². The normalized spacial score (nSPS) is 13.9. The van der Waals surface area contributed by atoms with E-state index in [0.29, 0.717) is 6.42 Å². The maximum absolute atomic E-state index is 12.8. The molecule has 0 aliphatic carbocycles. The van der Waals surface area contributed by atoms with Crippen LogP contribution in [0.15, 0.2) is 48.5 Å². The number of rotatable bonds is 5. The summed E-state index contributed by atoms with van der Waals surface area (Å²) in [7, 11) is 0. The van der Waals surface area contributed by atoms with E-state index >= 15 is 0 Å². The molecule has 2 aromatic carbocycles. The highest BCUT2D eigenvalue weighted by Gasteiger charge is 2.22. The molecule has 3 N–H and O–H groups in total. The van der Waals surface area contributed by atoms with E-state index in [2.05, 4.69) is 11.4 Å². The Hall–Kier alpha value is -2.37. The molecule has 1 atom stereocenters. The van der Waals surface area contributed by atoms with Crippen LogP contribution >= 0.6 is 12.4 Å². The number of carbonyl (C=O) groups excluding carboxylic acids is 2. The first-order valence-corrected chi connectivity index (χ1v) is 9.05. The SMILES string of the molecule is CC(N)CC(=O)Nc1ccc(CC(=O)N2CCCc3ccccc32)cc1.Cl. The quantitative estimate of drug-likeness (QED) is 0.826. The van der Waals surface area contributed by atoms with Gasteiger partial charge < -0.3 is 16.0 Å². The molecule has 0 saturated carbocycles. The first-order chi connectivity index (χ1) is 12.5. The van der Waals surface area contributed by atoms with Crippen LogP contribution in [-0.4, -0.2) is 24.4 Å². The Morgan fingerprint density at radius 2 is 1.85 bits per heavy atom. The van der Waals surface area contributed by atoms with Crippen LogP contribution in [0, 0.1) is 0 Å². The van der Waals surface area contributed by atoms with Crippen LogP contribution in [-0.2, 0) is 22.4 Å². The second-order valence-corrected chi connectivity index (χ2v) is 6.88. The lowest BCUT2D eigenvalue weighted by Gasteiger charge is -2.29. The third kappa shape index (κ3) is 5.55. The summed E-state index contributed by atoms with van der Waals surface area (Å²) in [6.07, 6.45) is 2.65. The molecule has 1 aliphatic rings. The molecule has 0 radical (unpaired) electrons. The minimum absolute atomic E-state index is 0. The van der Waals surface area contributed by atoms with Crippen molar-refractivity contribution in [2.24, 2.45) is 5.73 Å². The number of amides is 2. The molecule has 1 heterocycles. The van der Waals surface area contributed by atoms with Crippen LogP contribution in [0.4, 0.5) is 11.4 Å². The van der Waals surface area contributed by atoms with Gasteiger partial charge in [-0.1, -0.05) is 30.3 Å². The lowest BCUT2D eigenvalue weighted by molar-refractivity contribution is -0.118. The fourth-order valence-electron chi connectivity index (χ4n) is 3.27. The third-order valence-corrected chi connectivity index (χ3v) is 4.51. The van der Waals surface area contributed by atoms with Gasteiger partial charge in [0, 0.05) is 30.4 Å². The Labute approximate surface area is 166 Å². The third-order valence-electron chi connectivity index (χ3n) is 4.51. The highest BCUT2D eigenvalue weighted by molar-refractivity contribution is 5.96. The predicted octanol–water partition coefficient (Wildman–Crippen LogP) is 3.31. The molecule has 2 amide bonds. The number of aryl methyl sites for hydroxylation is 1. The number of halogens is 1. The molecule has 1 aliphatic heterocycles. The highest BCUT2D eigenvalue weighted by Crippen LogP contribution is 2.27. The van der Waals surface area contributed by atoms with Gasteiger partial charge in [-0.25, -0.2) is 0 Å². The largest absolute Gasteiger partial charge is 0.327 e. The van der Waals surface area contributed by atoms with Crippen molar-refractivity contribution >= 4 is 35.6 Å². The minimum atomic E-state index is -0.167. The van der Waals surface area contributed by atoms with Gasteiger partial charge in [0.1, 0.15) is 0 Å². The standard InChI is InChI=1S/C21H25N3O2.ClH/c1-15(22)13-20(25)23-18-10-8-16(9-11-18)14-21(26)24-12-4-6-17-5-2-3-7-19(17)24;/h2-3,5,7-11,15H,4,6,12-14,22H2,1H3,(H,23,25);1H. The summed E-state index contributed by atoms with van der Waals surface area (Å²) < 4.78 is 0. The van der Waals surface area contributed by atoms with Crippen molar-refractivity contribution in [1.29, 1.82) is 0 Å². The molecule has 6 heteroatoms. The number of hydrogen-bond acceptors (Lipinski definition) is 3. The second kappa shape index (κ2) is 9.53. The topological polar surface area (TPSA) is 75.4 Å². The molecule has 1 unspecified atom stereocenters. The summed E-state index contributed by atoms with van der Waals surface area (Å²) >= 11 is 0. The molecular formula is C21H26ClN3O2. The molecule has 0 saturated heterocycles.